The minimum Gasteiger partial charge on any atom is -0.494 e. The number of unbranched alkanes of at least 4 members (excludes halogenated alkanes) is 1. The van der Waals surface area contributed by atoms with Crippen LogP contribution in [0.5, 0.6) is 5.75 Å². The van der Waals surface area contributed by atoms with E-state index in [2.05, 4.69) is 5.32 Å². The molecule has 1 atom stereocenters. The highest BCUT2D eigenvalue weighted by Gasteiger charge is 2.34. The molecule has 0 saturated carbocycles. The van der Waals surface area contributed by atoms with Gasteiger partial charge >= 0.3 is 0 Å². The molecule has 0 heterocycles. The zero-order chi connectivity index (χ0) is 33.8. The van der Waals surface area contributed by atoms with Gasteiger partial charge in [-0.05, 0) is 85.5 Å². The molecule has 1 unspecified atom stereocenters. The summed E-state index contributed by atoms with van der Waals surface area (Å²) in [6, 6.07) is 26.9. The fourth-order valence-corrected chi connectivity index (χ4v) is 6.58. The van der Waals surface area contributed by atoms with Gasteiger partial charge in [0, 0.05) is 19.5 Å². The highest BCUT2D eigenvalue weighted by molar-refractivity contribution is 7.92. The van der Waals surface area contributed by atoms with Crippen LogP contribution in [-0.2, 0) is 32.6 Å². The first-order valence-electron chi connectivity index (χ1n) is 15.8. The third kappa shape index (κ3) is 9.42. The molecular formula is C37H42FN3O5S. The number of hydrogen-bond acceptors (Lipinski definition) is 5. The van der Waals surface area contributed by atoms with Gasteiger partial charge in [0.1, 0.15) is 24.2 Å². The van der Waals surface area contributed by atoms with Gasteiger partial charge in [-0.1, -0.05) is 67.9 Å². The monoisotopic (exact) mass is 659 g/mol. The first-order valence-corrected chi connectivity index (χ1v) is 17.2. The lowest BCUT2D eigenvalue weighted by molar-refractivity contribution is -0.140. The quantitative estimate of drug-likeness (QED) is 0.143. The van der Waals surface area contributed by atoms with Crippen LogP contribution in [0.3, 0.4) is 0 Å². The number of carbonyl (C=O) groups is 2. The average molecular weight is 660 g/mol. The van der Waals surface area contributed by atoms with Crippen LogP contribution in [0, 0.1) is 12.7 Å². The molecule has 0 aliphatic heterocycles. The van der Waals surface area contributed by atoms with Crippen LogP contribution in [-0.4, -0.2) is 50.9 Å². The molecule has 0 bridgehead atoms. The highest BCUT2D eigenvalue weighted by atomic mass is 32.2. The standard InChI is InChI=1S/C37H42FN3O5S/c1-4-6-24-39-37(43)35(25-29-13-8-7-9-14-29)40(26-30-15-11-10-12-28(30)3)36(42)27-41(32-18-16-31(38)17-19-32)47(44,45)34-22-20-33(21-23-34)46-5-2/h7-23,35H,4-6,24-27H2,1-3H3,(H,39,43). The maximum absolute atomic E-state index is 14.5. The Bertz CT molecular complexity index is 1720. The summed E-state index contributed by atoms with van der Waals surface area (Å²) in [5.74, 6) is -0.963. The van der Waals surface area contributed by atoms with E-state index in [9.17, 15) is 22.4 Å². The predicted molar refractivity (Wildman–Crippen MR) is 182 cm³/mol. The van der Waals surface area contributed by atoms with Gasteiger partial charge in [-0.2, -0.15) is 0 Å². The normalized spacial score (nSPS) is 11.8. The molecule has 4 rings (SSSR count). The predicted octanol–water partition coefficient (Wildman–Crippen LogP) is 6.28. The molecule has 4 aromatic carbocycles. The number of aryl methyl sites for hydroxylation is 1. The van der Waals surface area contributed by atoms with E-state index < -0.39 is 34.3 Å². The van der Waals surface area contributed by atoms with Gasteiger partial charge in [-0.3, -0.25) is 13.9 Å². The van der Waals surface area contributed by atoms with Crippen molar-refractivity contribution in [1.29, 1.82) is 0 Å². The molecule has 0 spiro atoms. The number of nitrogens with one attached hydrogen (secondary N) is 1. The number of hydrogen-bond donors (Lipinski definition) is 1. The third-order valence-corrected chi connectivity index (χ3v) is 9.61. The summed E-state index contributed by atoms with van der Waals surface area (Å²) in [6.07, 6.45) is 1.87. The second-order valence-corrected chi connectivity index (χ2v) is 13.1. The van der Waals surface area contributed by atoms with Crippen LogP contribution >= 0.6 is 0 Å². The fourth-order valence-electron chi connectivity index (χ4n) is 5.17. The SMILES string of the molecule is CCCCNC(=O)C(Cc1ccccc1)N(Cc1ccccc1C)C(=O)CN(c1ccc(F)cc1)S(=O)(=O)c1ccc(OCC)cc1. The molecule has 47 heavy (non-hydrogen) atoms. The molecule has 0 fully saturated rings. The van der Waals surface area contributed by atoms with E-state index in [1.807, 2.05) is 75.4 Å². The van der Waals surface area contributed by atoms with E-state index in [1.165, 1.54) is 29.2 Å². The van der Waals surface area contributed by atoms with Crippen molar-refractivity contribution in [2.45, 2.75) is 57.5 Å². The molecule has 4 aromatic rings. The highest BCUT2D eigenvalue weighted by Crippen LogP contribution is 2.27. The van der Waals surface area contributed by atoms with Crippen molar-refractivity contribution < 1.29 is 27.1 Å². The summed E-state index contributed by atoms with van der Waals surface area (Å²) in [5, 5.41) is 2.98. The minimum absolute atomic E-state index is 0.0679. The van der Waals surface area contributed by atoms with Crippen molar-refractivity contribution in [3.05, 3.63) is 126 Å². The molecule has 248 valence electrons. The number of ether oxygens (including phenoxy) is 1. The molecule has 0 aliphatic rings. The molecule has 0 saturated heterocycles. The van der Waals surface area contributed by atoms with Crippen molar-refractivity contribution in [3.8, 4) is 5.75 Å². The molecular weight excluding hydrogens is 617 g/mol. The fraction of sp³-hybridized carbons (Fsp3) is 0.297. The van der Waals surface area contributed by atoms with Gasteiger partial charge in [0.25, 0.3) is 10.0 Å². The van der Waals surface area contributed by atoms with Crippen LogP contribution in [0.2, 0.25) is 0 Å². The van der Waals surface area contributed by atoms with Crippen LogP contribution in [0.25, 0.3) is 0 Å². The van der Waals surface area contributed by atoms with Gasteiger partial charge < -0.3 is 15.0 Å². The summed E-state index contributed by atoms with van der Waals surface area (Å²) in [6.45, 7) is 6.08. The Morgan fingerprint density at radius 1 is 0.872 bits per heavy atom. The maximum atomic E-state index is 14.5. The van der Waals surface area contributed by atoms with Gasteiger partial charge in [0.15, 0.2) is 0 Å². The van der Waals surface area contributed by atoms with E-state index in [4.69, 9.17) is 4.74 Å². The van der Waals surface area contributed by atoms with E-state index in [-0.39, 0.29) is 29.5 Å². The van der Waals surface area contributed by atoms with E-state index >= 15 is 0 Å². The number of benzene rings is 4. The minimum atomic E-state index is -4.32. The first kappa shape index (κ1) is 35.2. The summed E-state index contributed by atoms with van der Waals surface area (Å²) in [4.78, 5) is 29.8. The zero-order valence-electron chi connectivity index (χ0n) is 27.1. The lowest BCUT2D eigenvalue weighted by Crippen LogP contribution is -2.53. The van der Waals surface area contributed by atoms with Gasteiger partial charge in [0.05, 0.1) is 17.2 Å². The first-order chi connectivity index (χ1) is 22.6. The van der Waals surface area contributed by atoms with E-state index in [0.29, 0.717) is 18.9 Å². The molecule has 2 amide bonds. The number of nitrogens with zero attached hydrogens (tertiary/aromatic N) is 2. The number of anilines is 1. The number of carbonyl (C=O) groups excluding carboxylic acids is 2. The Kier molecular flexibility index (Phi) is 12.5. The number of amides is 2. The van der Waals surface area contributed by atoms with Gasteiger partial charge in [0.2, 0.25) is 11.8 Å². The molecule has 1 N–H and O–H groups in total. The van der Waals surface area contributed by atoms with Gasteiger partial charge in [-0.25, -0.2) is 12.8 Å². The van der Waals surface area contributed by atoms with E-state index in [0.717, 1.165) is 46.0 Å². The maximum Gasteiger partial charge on any atom is 0.264 e. The largest absolute Gasteiger partial charge is 0.494 e. The average Bonchev–Trinajstić information content (AvgIpc) is 3.07. The molecule has 0 radical (unpaired) electrons. The van der Waals surface area contributed by atoms with Crippen LogP contribution in [0.15, 0.2) is 108 Å². The molecule has 0 aliphatic carbocycles. The summed E-state index contributed by atoms with van der Waals surface area (Å²) in [7, 11) is -4.32. The lowest BCUT2D eigenvalue weighted by atomic mass is 10.0. The number of sulfonamides is 1. The summed E-state index contributed by atoms with van der Waals surface area (Å²) in [5.41, 5.74) is 2.70. The van der Waals surface area contributed by atoms with Crippen LogP contribution in [0.1, 0.15) is 43.4 Å². The second kappa shape index (κ2) is 16.7. The van der Waals surface area contributed by atoms with Crippen LogP contribution < -0.4 is 14.4 Å². The topological polar surface area (TPSA) is 96.0 Å². The third-order valence-electron chi connectivity index (χ3n) is 7.82. The van der Waals surface area contributed by atoms with Crippen molar-refractivity contribution in [2.24, 2.45) is 0 Å². The molecule has 10 heteroatoms. The Hall–Kier alpha value is -4.70. The Morgan fingerprint density at radius 3 is 2.17 bits per heavy atom. The molecule has 0 aromatic heterocycles. The summed E-state index contributed by atoms with van der Waals surface area (Å²) < 4.78 is 48.8. The number of halogens is 1. The van der Waals surface area contributed by atoms with Crippen molar-refractivity contribution in [3.63, 3.8) is 0 Å². The Balaban J connectivity index is 1.78. The zero-order valence-corrected chi connectivity index (χ0v) is 27.9. The molecule has 8 nitrogen and oxygen atoms in total. The van der Waals surface area contributed by atoms with Crippen molar-refractivity contribution >= 4 is 27.5 Å². The van der Waals surface area contributed by atoms with Crippen molar-refractivity contribution in [1.82, 2.24) is 10.2 Å². The Labute approximate surface area is 277 Å². The lowest BCUT2D eigenvalue weighted by Gasteiger charge is -2.34. The summed E-state index contributed by atoms with van der Waals surface area (Å²) >= 11 is 0. The number of rotatable bonds is 16. The van der Waals surface area contributed by atoms with E-state index in [1.54, 1.807) is 12.1 Å². The Morgan fingerprint density at radius 2 is 1.53 bits per heavy atom. The van der Waals surface area contributed by atoms with Crippen molar-refractivity contribution in [2.75, 3.05) is 24.0 Å². The van der Waals surface area contributed by atoms with Crippen LogP contribution in [0.4, 0.5) is 10.1 Å². The second-order valence-electron chi connectivity index (χ2n) is 11.2. The smallest absolute Gasteiger partial charge is 0.264 e. The van der Waals surface area contributed by atoms with Gasteiger partial charge in [-0.15, -0.1) is 0 Å².